The monoisotopic (exact) mass is 356 g/mol. The highest BCUT2D eigenvalue weighted by molar-refractivity contribution is 5.69. The van der Waals surface area contributed by atoms with Crippen molar-refractivity contribution in [3.63, 3.8) is 0 Å². The number of esters is 1. The lowest BCUT2D eigenvalue weighted by Gasteiger charge is -2.02. The van der Waals surface area contributed by atoms with Crippen molar-refractivity contribution in [2.75, 3.05) is 13.2 Å². The summed E-state index contributed by atoms with van der Waals surface area (Å²) in [5, 5.41) is 8.57. The van der Waals surface area contributed by atoms with Gasteiger partial charge in [0.1, 0.15) is 6.61 Å². The summed E-state index contributed by atoms with van der Waals surface area (Å²) in [7, 11) is 0. The molecular weight excluding hydrogens is 320 g/mol. The molecule has 0 aromatic carbocycles. The molecule has 0 spiro atoms. The number of hydrogen-bond acceptors (Lipinski definition) is 5. The lowest BCUT2D eigenvalue weighted by molar-refractivity contribution is -0.144. The Morgan fingerprint density at radius 2 is 1.48 bits per heavy atom. The minimum Gasteiger partial charge on any atom is -0.463 e. The quantitative estimate of drug-likeness (QED) is 0.259. The van der Waals surface area contributed by atoms with E-state index < -0.39 is 0 Å². The number of unbranched alkanes of at least 4 members (excludes halogenated alkanes) is 6. The lowest BCUT2D eigenvalue weighted by atomic mass is 10.0. The average molecular weight is 357 g/mol. The Kier molecular flexibility index (Phi) is 9.81. The molecule has 2 aliphatic heterocycles. The molecular formula is C20H36O5. The number of carbonyl (C=O) groups is 1. The number of hydrogen-bond donors (Lipinski definition) is 1. The molecule has 0 aromatic rings. The second-order valence-corrected chi connectivity index (χ2v) is 7.41. The van der Waals surface area contributed by atoms with E-state index in [1.54, 1.807) is 0 Å². The second kappa shape index (κ2) is 11.9. The third-order valence-electron chi connectivity index (χ3n) is 5.16. The van der Waals surface area contributed by atoms with E-state index in [-0.39, 0.29) is 19.2 Å². The first-order valence-electron chi connectivity index (χ1n) is 10.3. The standard InChI is InChI=1S/C20H36O5/c1-2-3-7-10-16-18(24-16)15-19-17(25-19)11-8-5-4-6-9-12-20(22)23-14-13-21/h16-19,21H,2-15H2,1H3. The summed E-state index contributed by atoms with van der Waals surface area (Å²) in [5.41, 5.74) is 0. The van der Waals surface area contributed by atoms with E-state index in [2.05, 4.69) is 6.92 Å². The normalized spacial score (nSPS) is 27.3. The van der Waals surface area contributed by atoms with Crippen LogP contribution in [0.4, 0.5) is 0 Å². The highest BCUT2D eigenvalue weighted by Crippen LogP contribution is 2.39. The van der Waals surface area contributed by atoms with Crippen LogP contribution in [0.2, 0.25) is 0 Å². The first kappa shape index (κ1) is 20.7. The van der Waals surface area contributed by atoms with Gasteiger partial charge in [-0.25, -0.2) is 0 Å². The van der Waals surface area contributed by atoms with Gasteiger partial charge in [0.2, 0.25) is 0 Å². The molecule has 0 amide bonds. The van der Waals surface area contributed by atoms with Crippen LogP contribution in [0.3, 0.4) is 0 Å². The van der Waals surface area contributed by atoms with Gasteiger partial charge in [0, 0.05) is 12.8 Å². The Labute approximate surface area is 152 Å². The van der Waals surface area contributed by atoms with Crippen LogP contribution in [0.5, 0.6) is 0 Å². The topological polar surface area (TPSA) is 71.6 Å². The Hall–Kier alpha value is -0.650. The molecule has 0 bridgehead atoms. The van der Waals surface area contributed by atoms with Gasteiger partial charge in [-0.15, -0.1) is 0 Å². The highest BCUT2D eigenvalue weighted by Gasteiger charge is 2.47. The molecule has 2 aliphatic rings. The van der Waals surface area contributed by atoms with Crippen LogP contribution in [0.1, 0.15) is 84.0 Å². The molecule has 5 nitrogen and oxygen atoms in total. The molecule has 0 radical (unpaired) electrons. The van der Waals surface area contributed by atoms with Gasteiger partial charge in [-0.05, 0) is 19.3 Å². The number of aliphatic hydroxyl groups excluding tert-OH is 1. The Balaban J connectivity index is 1.33. The van der Waals surface area contributed by atoms with Gasteiger partial charge in [0.15, 0.2) is 0 Å². The number of carbonyl (C=O) groups excluding carboxylic acids is 1. The van der Waals surface area contributed by atoms with Crippen molar-refractivity contribution in [2.45, 2.75) is 108 Å². The molecule has 4 atom stereocenters. The number of epoxide rings is 2. The van der Waals surface area contributed by atoms with Crippen LogP contribution in [-0.2, 0) is 19.0 Å². The van der Waals surface area contributed by atoms with E-state index in [9.17, 15) is 4.79 Å². The Bertz CT molecular complexity index is 373. The summed E-state index contributed by atoms with van der Waals surface area (Å²) in [5.74, 6) is -0.196. The predicted molar refractivity (Wildman–Crippen MR) is 96.4 cm³/mol. The first-order chi connectivity index (χ1) is 12.2. The molecule has 1 N–H and O–H groups in total. The second-order valence-electron chi connectivity index (χ2n) is 7.41. The summed E-state index contributed by atoms with van der Waals surface area (Å²) in [4.78, 5) is 11.3. The maximum atomic E-state index is 11.3. The summed E-state index contributed by atoms with van der Waals surface area (Å²) < 4.78 is 16.3. The van der Waals surface area contributed by atoms with Crippen LogP contribution in [0.25, 0.3) is 0 Å². The summed E-state index contributed by atoms with van der Waals surface area (Å²) in [6, 6.07) is 0. The smallest absolute Gasteiger partial charge is 0.305 e. The number of rotatable bonds is 16. The van der Waals surface area contributed by atoms with E-state index in [1.807, 2.05) is 0 Å². The number of aliphatic hydroxyl groups is 1. The van der Waals surface area contributed by atoms with Crippen LogP contribution >= 0.6 is 0 Å². The van der Waals surface area contributed by atoms with Gasteiger partial charge >= 0.3 is 5.97 Å². The lowest BCUT2D eigenvalue weighted by Crippen LogP contribution is -2.07. The molecule has 0 saturated carbocycles. The zero-order chi connectivity index (χ0) is 17.9. The maximum absolute atomic E-state index is 11.3. The molecule has 0 aromatic heterocycles. The summed E-state index contributed by atoms with van der Waals surface area (Å²) in [6.45, 7) is 2.26. The van der Waals surface area contributed by atoms with Crippen molar-refractivity contribution < 1.29 is 24.1 Å². The minimum absolute atomic E-state index is 0.0949. The van der Waals surface area contributed by atoms with Crippen LogP contribution in [0, 0.1) is 0 Å². The van der Waals surface area contributed by atoms with Crippen LogP contribution in [-0.4, -0.2) is 48.7 Å². The first-order valence-corrected chi connectivity index (χ1v) is 10.3. The van der Waals surface area contributed by atoms with Gasteiger partial charge in [-0.2, -0.15) is 0 Å². The van der Waals surface area contributed by atoms with Crippen molar-refractivity contribution in [1.82, 2.24) is 0 Å². The minimum atomic E-state index is -0.196. The molecule has 4 unspecified atom stereocenters. The van der Waals surface area contributed by atoms with Gasteiger partial charge < -0.3 is 19.3 Å². The van der Waals surface area contributed by atoms with Crippen molar-refractivity contribution >= 4 is 5.97 Å². The van der Waals surface area contributed by atoms with E-state index in [1.165, 1.54) is 38.5 Å². The van der Waals surface area contributed by atoms with Crippen molar-refractivity contribution in [2.24, 2.45) is 0 Å². The summed E-state index contributed by atoms with van der Waals surface area (Å²) >= 11 is 0. The SMILES string of the molecule is CCCCCC1OC1CC1OC1CCCCCCCC(=O)OCCO. The molecule has 2 rings (SSSR count). The van der Waals surface area contributed by atoms with E-state index in [4.69, 9.17) is 19.3 Å². The van der Waals surface area contributed by atoms with Gasteiger partial charge in [0.25, 0.3) is 0 Å². The predicted octanol–water partition coefficient (Wildman–Crippen LogP) is 3.76. The zero-order valence-corrected chi connectivity index (χ0v) is 15.8. The van der Waals surface area contributed by atoms with Crippen molar-refractivity contribution in [3.05, 3.63) is 0 Å². The molecule has 2 heterocycles. The third-order valence-corrected chi connectivity index (χ3v) is 5.16. The van der Waals surface area contributed by atoms with E-state index in [0.717, 1.165) is 32.1 Å². The van der Waals surface area contributed by atoms with Gasteiger partial charge in [-0.3, -0.25) is 4.79 Å². The zero-order valence-electron chi connectivity index (χ0n) is 15.8. The fourth-order valence-electron chi connectivity index (χ4n) is 3.48. The molecule has 0 aliphatic carbocycles. The molecule has 2 fully saturated rings. The fraction of sp³-hybridized carbons (Fsp3) is 0.950. The van der Waals surface area contributed by atoms with Crippen LogP contribution in [0.15, 0.2) is 0 Å². The van der Waals surface area contributed by atoms with Gasteiger partial charge in [0.05, 0.1) is 31.0 Å². The summed E-state index contributed by atoms with van der Waals surface area (Å²) in [6.07, 6.45) is 15.3. The van der Waals surface area contributed by atoms with Crippen molar-refractivity contribution in [3.8, 4) is 0 Å². The van der Waals surface area contributed by atoms with Crippen LogP contribution < -0.4 is 0 Å². The fourth-order valence-corrected chi connectivity index (χ4v) is 3.48. The molecule has 2 saturated heterocycles. The largest absolute Gasteiger partial charge is 0.463 e. The Morgan fingerprint density at radius 1 is 0.880 bits per heavy atom. The maximum Gasteiger partial charge on any atom is 0.305 e. The highest BCUT2D eigenvalue weighted by atomic mass is 16.6. The Morgan fingerprint density at radius 3 is 2.12 bits per heavy atom. The molecule has 5 heteroatoms. The van der Waals surface area contributed by atoms with E-state index >= 15 is 0 Å². The molecule has 25 heavy (non-hydrogen) atoms. The van der Waals surface area contributed by atoms with Crippen molar-refractivity contribution in [1.29, 1.82) is 0 Å². The molecule has 146 valence electrons. The van der Waals surface area contributed by atoms with Gasteiger partial charge in [-0.1, -0.05) is 51.9 Å². The third kappa shape index (κ3) is 9.02. The average Bonchev–Trinajstić information content (AvgIpc) is 3.52. The number of ether oxygens (including phenoxy) is 3. The van der Waals surface area contributed by atoms with E-state index in [0.29, 0.717) is 30.8 Å².